The van der Waals surface area contributed by atoms with Gasteiger partial charge in [-0.2, -0.15) is 5.10 Å². The first kappa shape index (κ1) is 14.1. The highest BCUT2D eigenvalue weighted by molar-refractivity contribution is 4.93. The van der Waals surface area contributed by atoms with E-state index in [0.717, 1.165) is 36.8 Å². The second-order valence-corrected chi connectivity index (χ2v) is 6.82. The van der Waals surface area contributed by atoms with Gasteiger partial charge in [0.05, 0.1) is 0 Å². The molecular formula is C16H28N4. The van der Waals surface area contributed by atoms with Crippen molar-refractivity contribution in [2.45, 2.75) is 65.0 Å². The minimum absolute atomic E-state index is 0.777. The van der Waals surface area contributed by atoms with Gasteiger partial charge in [-0.05, 0) is 56.9 Å². The maximum absolute atomic E-state index is 4.48. The molecule has 3 unspecified atom stereocenters. The average molecular weight is 276 g/mol. The predicted octanol–water partition coefficient (Wildman–Crippen LogP) is 2.64. The molecule has 3 rings (SSSR count). The number of nitrogens with one attached hydrogen (secondary N) is 1. The maximum atomic E-state index is 4.48. The molecule has 112 valence electrons. The Hall–Kier alpha value is -0.900. The Kier molecular flexibility index (Phi) is 4.39. The lowest BCUT2D eigenvalue weighted by molar-refractivity contribution is 0.179. The Morgan fingerprint density at radius 2 is 2.10 bits per heavy atom. The Labute approximate surface area is 122 Å². The summed E-state index contributed by atoms with van der Waals surface area (Å²) in [5.74, 6) is 3.66. The third kappa shape index (κ3) is 3.40. The SMILES string of the molecule is CCn1ncnc1CC1CC(C)CCC1CNC1CC1. The molecule has 2 fully saturated rings. The van der Waals surface area contributed by atoms with E-state index in [-0.39, 0.29) is 0 Å². The van der Waals surface area contributed by atoms with Crippen molar-refractivity contribution < 1.29 is 0 Å². The lowest BCUT2D eigenvalue weighted by Gasteiger charge is -2.35. The van der Waals surface area contributed by atoms with Gasteiger partial charge < -0.3 is 5.32 Å². The number of aromatic nitrogens is 3. The molecule has 0 bridgehead atoms. The van der Waals surface area contributed by atoms with Gasteiger partial charge in [0.15, 0.2) is 0 Å². The minimum Gasteiger partial charge on any atom is -0.314 e. The third-order valence-corrected chi connectivity index (χ3v) is 5.09. The molecule has 1 heterocycles. The second kappa shape index (κ2) is 6.25. The first-order valence-corrected chi connectivity index (χ1v) is 8.36. The van der Waals surface area contributed by atoms with Crippen LogP contribution in [0.15, 0.2) is 6.33 Å². The van der Waals surface area contributed by atoms with Crippen LogP contribution in [0.25, 0.3) is 0 Å². The topological polar surface area (TPSA) is 42.7 Å². The summed E-state index contributed by atoms with van der Waals surface area (Å²) in [6, 6.07) is 0.828. The monoisotopic (exact) mass is 276 g/mol. The van der Waals surface area contributed by atoms with Crippen molar-refractivity contribution in [2.75, 3.05) is 6.54 Å². The predicted molar refractivity (Wildman–Crippen MR) is 80.4 cm³/mol. The van der Waals surface area contributed by atoms with E-state index < -0.39 is 0 Å². The summed E-state index contributed by atoms with van der Waals surface area (Å²) in [5.41, 5.74) is 0. The van der Waals surface area contributed by atoms with Crippen molar-refractivity contribution in [3.63, 3.8) is 0 Å². The van der Waals surface area contributed by atoms with Crippen molar-refractivity contribution in [3.05, 3.63) is 12.2 Å². The Morgan fingerprint density at radius 3 is 2.85 bits per heavy atom. The molecule has 3 atom stereocenters. The molecular weight excluding hydrogens is 248 g/mol. The summed E-state index contributed by atoms with van der Waals surface area (Å²) in [5, 5.41) is 8.05. The van der Waals surface area contributed by atoms with Crippen LogP contribution in [-0.2, 0) is 13.0 Å². The Morgan fingerprint density at radius 1 is 1.25 bits per heavy atom. The van der Waals surface area contributed by atoms with E-state index in [9.17, 15) is 0 Å². The van der Waals surface area contributed by atoms with Crippen molar-refractivity contribution in [3.8, 4) is 0 Å². The van der Waals surface area contributed by atoms with Gasteiger partial charge in [0, 0.05) is 19.0 Å². The molecule has 1 aromatic heterocycles. The third-order valence-electron chi connectivity index (χ3n) is 5.09. The largest absolute Gasteiger partial charge is 0.314 e. The van der Waals surface area contributed by atoms with E-state index in [0.29, 0.717) is 0 Å². The second-order valence-electron chi connectivity index (χ2n) is 6.82. The molecule has 2 aliphatic rings. The molecule has 0 spiro atoms. The molecule has 1 aromatic rings. The number of rotatable bonds is 6. The molecule has 20 heavy (non-hydrogen) atoms. The van der Waals surface area contributed by atoms with Crippen molar-refractivity contribution in [1.29, 1.82) is 0 Å². The van der Waals surface area contributed by atoms with Crippen LogP contribution in [0.1, 0.15) is 51.8 Å². The Bertz CT molecular complexity index is 424. The lowest BCUT2D eigenvalue weighted by Crippen LogP contribution is -2.35. The smallest absolute Gasteiger partial charge is 0.138 e. The van der Waals surface area contributed by atoms with Crippen LogP contribution in [0, 0.1) is 17.8 Å². The van der Waals surface area contributed by atoms with Gasteiger partial charge in [0.1, 0.15) is 12.2 Å². The molecule has 4 nitrogen and oxygen atoms in total. The van der Waals surface area contributed by atoms with E-state index in [2.05, 4.69) is 33.9 Å². The molecule has 1 N–H and O–H groups in total. The summed E-state index contributed by atoms with van der Waals surface area (Å²) in [6.07, 6.45) is 9.72. The van der Waals surface area contributed by atoms with Crippen LogP contribution in [0.5, 0.6) is 0 Å². The molecule has 0 aromatic carbocycles. The van der Waals surface area contributed by atoms with Crippen LogP contribution in [0.2, 0.25) is 0 Å². The molecule has 0 radical (unpaired) electrons. The van der Waals surface area contributed by atoms with Gasteiger partial charge in [-0.15, -0.1) is 0 Å². The summed E-state index contributed by atoms with van der Waals surface area (Å²) >= 11 is 0. The van der Waals surface area contributed by atoms with Gasteiger partial charge in [-0.1, -0.05) is 13.3 Å². The fourth-order valence-electron chi connectivity index (χ4n) is 3.63. The van der Waals surface area contributed by atoms with E-state index in [1.165, 1.54) is 44.5 Å². The van der Waals surface area contributed by atoms with Crippen LogP contribution in [0.4, 0.5) is 0 Å². The minimum atomic E-state index is 0.777. The highest BCUT2D eigenvalue weighted by atomic mass is 15.3. The molecule has 2 saturated carbocycles. The Balaban J connectivity index is 1.62. The first-order valence-electron chi connectivity index (χ1n) is 8.36. The number of hydrogen-bond donors (Lipinski definition) is 1. The highest BCUT2D eigenvalue weighted by Crippen LogP contribution is 2.35. The number of aryl methyl sites for hydroxylation is 1. The van der Waals surface area contributed by atoms with Gasteiger partial charge >= 0.3 is 0 Å². The van der Waals surface area contributed by atoms with Crippen molar-refractivity contribution in [1.82, 2.24) is 20.1 Å². The summed E-state index contributed by atoms with van der Waals surface area (Å²) in [7, 11) is 0. The molecule has 0 saturated heterocycles. The van der Waals surface area contributed by atoms with Gasteiger partial charge in [0.25, 0.3) is 0 Å². The zero-order valence-corrected chi connectivity index (χ0v) is 12.9. The standard InChI is InChI=1S/C16H28N4/c1-3-20-16(18-11-19-20)9-14-8-12(2)4-5-13(14)10-17-15-6-7-15/h11-15,17H,3-10H2,1-2H3. The average Bonchev–Trinajstić information content (AvgIpc) is 3.16. The first-order chi connectivity index (χ1) is 9.76. The number of nitrogens with zero attached hydrogens (tertiary/aromatic N) is 3. The van der Waals surface area contributed by atoms with E-state index in [1.807, 2.05) is 0 Å². The van der Waals surface area contributed by atoms with Crippen molar-refractivity contribution >= 4 is 0 Å². The summed E-state index contributed by atoms with van der Waals surface area (Å²) in [4.78, 5) is 4.48. The maximum Gasteiger partial charge on any atom is 0.138 e. The zero-order chi connectivity index (χ0) is 13.9. The van der Waals surface area contributed by atoms with Gasteiger partial charge in [0.2, 0.25) is 0 Å². The van der Waals surface area contributed by atoms with Crippen LogP contribution < -0.4 is 5.32 Å². The van der Waals surface area contributed by atoms with Gasteiger partial charge in [-0.25, -0.2) is 4.98 Å². The van der Waals surface area contributed by atoms with Crippen LogP contribution >= 0.6 is 0 Å². The van der Waals surface area contributed by atoms with Crippen LogP contribution in [0.3, 0.4) is 0 Å². The van der Waals surface area contributed by atoms with E-state index in [1.54, 1.807) is 6.33 Å². The fraction of sp³-hybridized carbons (Fsp3) is 0.875. The van der Waals surface area contributed by atoms with E-state index in [4.69, 9.17) is 0 Å². The normalized spacial score (nSPS) is 30.6. The van der Waals surface area contributed by atoms with Crippen molar-refractivity contribution in [2.24, 2.45) is 17.8 Å². The molecule has 0 amide bonds. The fourth-order valence-corrected chi connectivity index (χ4v) is 3.63. The van der Waals surface area contributed by atoms with E-state index >= 15 is 0 Å². The summed E-state index contributed by atoms with van der Waals surface area (Å²) in [6.45, 7) is 6.70. The summed E-state index contributed by atoms with van der Waals surface area (Å²) < 4.78 is 2.06. The zero-order valence-electron chi connectivity index (χ0n) is 12.9. The molecule has 4 heteroatoms. The van der Waals surface area contributed by atoms with Crippen LogP contribution in [-0.4, -0.2) is 27.4 Å². The van der Waals surface area contributed by atoms with Gasteiger partial charge in [-0.3, -0.25) is 4.68 Å². The highest BCUT2D eigenvalue weighted by Gasteiger charge is 2.31. The quantitative estimate of drug-likeness (QED) is 0.868. The molecule has 0 aliphatic heterocycles. The molecule has 2 aliphatic carbocycles. The lowest BCUT2D eigenvalue weighted by atomic mass is 9.73. The number of hydrogen-bond acceptors (Lipinski definition) is 3.